The first-order valence-corrected chi connectivity index (χ1v) is 7.30. The van der Waals surface area contributed by atoms with Gasteiger partial charge in [-0.25, -0.2) is 4.89 Å². The number of thioether (sulfide) groups is 1. The smallest absolute Gasteiger partial charge is 0.0993 e. The average molecular weight is 269 g/mol. The SMILES string of the molecule is CSc1cccc(C(N)CC(OO)C(C)(C)C)c1. The first-order valence-electron chi connectivity index (χ1n) is 6.08. The van der Waals surface area contributed by atoms with Crippen LogP contribution >= 0.6 is 11.8 Å². The van der Waals surface area contributed by atoms with Crippen molar-refractivity contribution in [3.05, 3.63) is 29.8 Å². The Morgan fingerprint density at radius 3 is 2.56 bits per heavy atom. The number of hydrogen-bond acceptors (Lipinski definition) is 4. The van der Waals surface area contributed by atoms with E-state index >= 15 is 0 Å². The summed E-state index contributed by atoms with van der Waals surface area (Å²) in [6.45, 7) is 6.08. The predicted molar refractivity (Wildman–Crippen MR) is 76.7 cm³/mol. The molecule has 0 saturated heterocycles. The summed E-state index contributed by atoms with van der Waals surface area (Å²) in [5.74, 6) is 0. The van der Waals surface area contributed by atoms with Gasteiger partial charge >= 0.3 is 0 Å². The maximum absolute atomic E-state index is 9.00. The second-order valence-corrected chi connectivity index (χ2v) is 6.46. The molecule has 0 bridgehead atoms. The molecule has 0 amide bonds. The second-order valence-electron chi connectivity index (χ2n) is 5.58. The Morgan fingerprint density at radius 2 is 2.06 bits per heavy atom. The number of benzene rings is 1. The van der Waals surface area contributed by atoms with Crippen molar-refractivity contribution in [2.75, 3.05) is 6.26 Å². The summed E-state index contributed by atoms with van der Waals surface area (Å²) in [4.78, 5) is 5.77. The molecule has 1 aromatic rings. The van der Waals surface area contributed by atoms with E-state index in [9.17, 15) is 0 Å². The van der Waals surface area contributed by atoms with Crippen LogP contribution in [0, 0.1) is 5.41 Å². The molecule has 3 N–H and O–H groups in total. The van der Waals surface area contributed by atoms with Crippen LogP contribution in [0.2, 0.25) is 0 Å². The van der Waals surface area contributed by atoms with Gasteiger partial charge in [-0.05, 0) is 35.8 Å². The van der Waals surface area contributed by atoms with Crippen LogP contribution in [-0.2, 0) is 4.89 Å². The van der Waals surface area contributed by atoms with E-state index in [4.69, 9.17) is 11.0 Å². The Labute approximate surface area is 114 Å². The van der Waals surface area contributed by atoms with Gasteiger partial charge < -0.3 is 5.73 Å². The molecule has 0 heterocycles. The van der Waals surface area contributed by atoms with Crippen molar-refractivity contribution in [1.29, 1.82) is 0 Å². The van der Waals surface area contributed by atoms with Gasteiger partial charge in [0, 0.05) is 10.9 Å². The molecule has 0 saturated carbocycles. The lowest BCUT2D eigenvalue weighted by Crippen LogP contribution is -2.32. The van der Waals surface area contributed by atoms with Crippen LogP contribution in [0.1, 0.15) is 38.8 Å². The molecule has 0 aromatic heterocycles. The maximum Gasteiger partial charge on any atom is 0.0993 e. The molecule has 3 nitrogen and oxygen atoms in total. The topological polar surface area (TPSA) is 55.5 Å². The van der Waals surface area contributed by atoms with Crippen LogP contribution in [-0.4, -0.2) is 17.6 Å². The van der Waals surface area contributed by atoms with Crippen molar-refractivity contribution in [3.63, 3.8) is 0 Å². The van der Waals surface area contributed by atoms with Gasteiger partial charge in [-0.2, -0.15) is 0 Å². The van der Waals surface area contributed by atoms with E-state index in [1.807, 2.05) is 39.2 Å². The first-order chi connectivity index (χ1) is 8.38. The highest BCUT2D eigenvalue weighted by atomic mass is 32.2. The highest BCUT2D eigenvalue weighted by molar-refractivity contribution is 7.98. The fourth-order valence-corrected chi connectivity index (χ4v) is 2.26. The third-order valence-electron chi connectivity index (χ3n) is 3.08. The first kappa shape index (κ1) is 15.5. The van der Waals surface area contributed by atoms with Crippen molar-refractivity contribution >= 4 is 11.8 Å². The van der Waals surface area contributed by atoms with Crippen molar-refractivity contribution < 1.29 is 10.1 Å². The summed E-state index contributed by atoms with van der Waals surface area (Å²) in [5.41, 5.74) is 7.13. The van der Waals surface area contributed by atoms with Gasteiger partial charge in [0.15, 0.2) is 0 Å². The van der Waals surface area contributed by atoms with Gasteiger partial charge in [0.05, 0.1) is 6.10 Å². The van der Waals surface area contributed by atoms with Crippen LogP contribution in [0.5, 0.6) is 0 Å². The largest absolute Gasteiger partial charge is 0.324 e. The minimum Gasteiger partial charge on any atom is -0.324 e. The molecule has 102 valence electrons. The Morgan fingerprint density at radius 1 is 1.39 bits per heavy atom. The van der Waals surface area contributed by atoms with E-state index in [2.05, 4.69) is 17.0 Å². The lowest BCUT2D eigenvalue weighted by atomic mass is 9.84. The minimum atomic E-state index is -0.273. The standard InChI is InChI=1S/C14H23NO2S/c1-14(2,3)13(17-16)9-12(15)10-6-5-7-11(8-10)18-4/h5-8,12-13,16H,9,15H2,1-4H3. The highest BCUT2D eigenvalue weighted by Gasteiger charge is 2.28. The summed E-state index contributed by atoms with van der Waals surface area (Å²) < 4.78 is 0. The van der Waals surface area contributed by atoms with Gasteiger partial charge in [0.2, 0.25) is 0 Å². The van der Waals surface area contributed by atoms with Crippen molar-refractivity contribution in [2.24, 2.45) is 11.1 Å². The average Bonchev–Trinajstić information content (AvgIpc) is 2.34. The Hall–Kier alpha value is -0.550. The van der Waals surface area contributed by atoms with Crippen LogP contribution in [0.15, 0.2) is 29.2 Å². The van der Waals surface area contributed by atoms with Gasteiger partial charge in [-0.1, -0.05) is 32.9 Å². The number of rotatable bonds is 5. The molecule has 4 heteroatoms. The maximum atomic E-state index is 9.00. The lowest BCUT2D eigenvalue weighted by molar-refractivity contribution is -0.301. The summed E-state index contributed by atoms with van der Waals surface area (Å²) in [6.07, 6.45) is 2.36. The molecule has 18 heavy (non-hydrogen) atoms. The minimum absolute atomic E-state index is 0.131. The Bertz CT molecular complexity index is 376. The molecule has 2 atom stereocenters. The van der Waals surface area contributed by atoms with Crippen molar-refractivity contribution in [2.45, 2.75) is 44.2 Å². The van der Waals surface area contributed by atoms with Crippen molar-refractivity contribution in [3.8, 4) is 0 Å². The number of hydrogen-bond donors (Lipinski definition) is 2. The Kier molecular flexibility index (Phi) is 5.66. The third kappa shape index (κ3) is 4.28. The van der Waals surface area contributed by atoms with Crippen LogP contribution in [0.3, 0.4) is 0 Å². The van der Waals surface area contributed by atoms with Crippen LogP contribution in [0.4, 0.5) is 0 Å². The van der Waals surface area contributed by atoms with Crippen LogP contribution < -0.4 is 5.73 Å². The van der Waals surface area contributed by atoms with Gasteiger partial charge in [0.1, 0.15) is 0 Å². The van der Waals surface area contributed by atoms with E-state index in [1.165, 1.54) is 4.90 Å². The third-order valence-corrected chi connectivity index (χ3v) is 3.81. The molecule has 1 rings (SSSR count). The van der Waals surface area contributed by atoms with Gasteiger partial charge in [-0.3, -0.25) is 5.26 Å². The quantitative estimate of drug-likeness (QED) is 0.486. The molecule has 0 spiro atoms. The molecule has 0 radical (unpaired) electrons. The Balaban J connectivity index is 2.77. The second kappa shape index (κ2) is 6.57. The van der Waals surface area contributed by atoms with Crippen molar-refractivity contribution in [1.82, 2.24) is 0 Å². The van der Waals surface area contributed by atoms with Gasteiger partial charge in [-0.15, -0.1) is 11.8 Å². The molecule has 0 aliphatic heterocycles. The summed E-state index contributed by atoms with van der Waals surface area (Å²) in [6, 6.07) is 8.04. The fraction of sp³-hybridized carbons (Fsp3) is 0.571. The summed E-state index contributed by atoms with van der Waals surface area (Å²) in [7, 11) is 0. The molecule has 2 unspecified atom stereocenters. The zero-order chi connectivity index (χ0) is 13.8. The molecular weight excluding hydrogens is 246 g/mol. The number of nitrogens with two attached hydrogens (primary N) is 1. The molecule has 0 aliphatic rings. The zero-order valence-electron chi connectivity index (χ0n) is 11.5. The molecular formula is C14H23NO2S. The summed E-state index contributed by atoms with van der Waals surface area (Å²) >= 11 is 1.69. The van der Waals surface area contributed by atoms with E-state index in [0.29, 0.717) is 6.42 Å². The van der Waals surface area contributed by atoms with Crippen LogP contribution in [0.25, 0.3) is 0 Å². The van der Waals surface area contributed by atoms with E-state index in [0.717, 1.165) is 5.56 Å². The molecule has 0 aliphatic carbocycles. The normalized spacial score (nSPS) is 15.4. The fourth-order valence-electron chi connectivity index (χ4n) is 1.79. The van der Waals surface area contributed by atoms with Gasteiger partial charge in [0.25, 0.3) is 0 Å². The van der Waals surface area contributed by atoms with E-state index in [1.54, 1.807) is 11.8 Å². The lowest BCUT2D eigenvalue weighted by Gasteiger charge is -2.29. The molecule has 1 aromatic carbocycles. The summed E-state index contributed by atoms with van der Waals surface area (Å²) in [5, 5.41) is 9.00. The molecule has 0 fully saturated rings. The van der Waals surface area contributed by atoms with E-state index in [-0.39, 0.29) is 17.6 Å². The monoisotopic (exact) mass is 269 g/mol. The zero-order valence-corrected chi connectivity index (χ0v) is 12.3. The van der Waals surface area contributed by atoms with E-state index < -0.39 is 0 Å². The highest BCUT2D eigenvalue weighted by Crippen LogP contribution is 2.30. The predicted octanol–water partition coefficient (Wildman–Crippen LogP) is 3.70.